The first-order valence-electron chi connectivity index (χ1n) is 7.67. The van der Waals surface area contributed by atoms with Crippen molar-refractivity contribution in [3.63, 3.8) is 0 Å². The summed E-state index contributed by atoms with van der Waals surface area (Å²) >= 11 is 0. The summed E-state index contributed by atoms with van der Waals surface area (Å²) in [4.78, 5) is 11.8. The third-order valence-corrected chi connectivity index (χ3v) is 5.08. The maximum atomic E-state index is 13.6. The first-order valence-corrected chi connectivity index (χ1v) is 8.78. The lowest BCUT2D eigenvalue weighted by molar-refractivity contribution is -0.143. The van der Waals surface area contributed by atoms with E-state index in [1.54, 1.807) is 13.0 Å². The molecular formula is C17H22FNO3S. The number of carbonyl (C=O) groups is 1. The van der Waals surface area contributed by atoms with Crippen molar-refractivity contribution in [1.29, 1.82) is 0 Å². The predicted octanol–water partition coefficient (Wildman–Crippen LogP) is 3.52. The van der Waals surface area contributed by atoms with Gasteiger partial charge in [-0.05, 0) is 51.8 Å². The van der Waals surface area contributed by atoms with Crippen LogP contribution in [0.4, 0.5) is 4.39 Å². The molecule has 2 rings (SSSR count). The number of rotatable bonds is 4. The van der Waals surface area contributed by atoms with Crippen LogP contribution < -0.4 is 0 Å². The highest BCUT2D eigenvalue weighted by molar-refractivity contribution is 7.85. The maximum Gasteiger partial charge on any atom is 0.306 e. The molecule has 1 unspecified atom stereocenters. The van der Waals surface area contributed by atoms with Gasteiger partial charge in [-0.2, -0.15) is 4.40 Å². The molecule has 0 N–H and O–H groups in total. The molecule has 1 aliphatic carbocycles. The number of esters is 1. The molecule has 4 nitrogen and oxygen atoms in total. The van der Waals surface area contributed by atoms with Gasteiger partial charge in [0.05, 0.1) is 23.5 Å². The molecule has 0 saturated heterocycles. The van der Waals surface area contributed by atoms with Crippen molar-refractivity contribution in [1.82, 2.24) is 0 Å². The van der Waals surface area contributed by atoms with E-state index in [1.807, 2.05) is 20.8 Å². The zero-order chi connectivity index (χ0) is 17.2. The summed E-state index contributed by atoms with van der Waals surface area (Å²) in [5, 5.41) is 0. The topological polar surface area (TPSA) is 55.7 Å². The highest BCUT2D eigenvalue weighted by Gasteiger charge is 2.31. The molecule has 0 aliphatic heterocycles. The van der Waals surface area contributed by atoms with Crippen molar-refractivity contribution >= 4 is 22.7 Å². The molecule has 0 fully saturated rings. The Bertz CT molecular complexity index is 664. The van der Waals surface area contributed by atoms with E-state index < -0.39 is 15.7 Å². The quantitative estimate of drug-likeness (QED) is 0.789. The number of benzene rings is 1. The number of hydrogen-bond acceptors (Lipinski definition) is 3. The second kappa shape index (κ2) is 6.91. The van der Waals surface area contributed by atoms with Crippen LogP contribution in [0.1, 0.15) is 57.6 Å². The summed E-state index contributed by atoms with van der Waals surface area (Å²) in [6, 6.07) is 4.46. The number of fused-ring (bicyclic) bond motifs is 1. The van der Waals surface area contributed by atoms with E-state index in [-0.39, 0.29) is 24.1 Å². The highest BCUT2D eigenvalue weighted by atomic mass is 32.2. The second-order valence-corrected chi connectivity index (χ2v) is 8.45. The number of halogens is 1. The molecule has 0 heterocycles. The Labute approximate surface area is 138 Å². The van der Waals surface area contributed by atoms with E-state index in [9.17, 15) is 13.4 Å². The first kappa shape index (κ1) is 17.8. The van der Waals surface area contributed by atoms with Gasteiger partial charge in [0.25, 0.3) is 0 Å². The van der Waals surface area contributed by atoms with Gasteiger partial charge in [-0.1, -0.05) is 6.07 Å². The zero-order valence-electron chi connectivity index (χ0n) is 13.9. The molecule has 0 bridgehead atoms. The highest BCUT2D eigenvalue weighted by Crippen LogP contribution is 2.37. The third kappa shape index (κ3) is 4.25. The van der Waals surface area contributed by atoms with E-state index in [2.05, 4.69) is 4.40 Å². The molecule has 0 aromatic heterocycles. The molecule has 0 saturated carbocycles. The SMILES string of the molecule is CCOC(=O)C[C@H]1C/C(=N/S(=O)C(C)(C)C)c2cc(F)ccc21. The van der Waals surface area contributed by atoms with Crippen molar-refractivity contribution in [3.8, 4) is 0 Å². The third-order valence-electron chi connectivity index (χ3n) is 3.64. The molecule has 23 heavy (non-hydrogen) atoms. The van der Waals surface area contributed by atoms with Crippen molar-refractivity contribution in [2.75, 3.05) is 6.61 Å². The average molecular weight is 339 g/mol. The van der Waals surface area contributed by atoms with Crippen LogP contribution >= 0.6 is 0 Å². The molecule has 1 aromatic rings. The lowest BCUT2D eigenvalue weighted by Gasteiger charge is -2.14. The van der Waals surface area contributed by atoms with Crippen molar-refractivity contribution in [2.45, 2.75) is 51.2 Å². The van der Waals surface area contributed by atoms with Crippen LogP contribution in [0.2, 0.25) is 0 Å². The Morgan fingerprint density at radius 1 is 1.43 bits per heavy atom. The van der Waals surface area contributed by atoms with Gasteiger partial charge in [0.15, 0.2) is 0 Å². The largest absolute Gasteiger partial charge is 0.466 e. The minimum Gasteiger partial charge on any atom is -0.466 e. The van der Waals surface area contributed by atoms with Crippen LogP contribution in [0.25, 0.3) is 0 Å². The molecule has 0 amide bonds. The van der Waals surface area contributed by atoms with Crippen molar-refractivity contribution < 1.29 is 18.1 Å². The Morgan fingerprint density at radius 2 is 2.13 bits per heavy atom. The van der Waals surface area contributed by atoms with E-state index in [0.29, 0.717) is 24.3 Å². The summed E-state index contributed by atoms with van der Waals surface area (Å²) in [7, 11) is -1.42. The average Bonchev–Trinajstić information content (AvgIpc) is 2.75. The van der Waals surface area contributed by atoms with Crippen molar-refractivity contribution in [3.05, 3.63) is 35.1 Å². The van der Waals surface area contributed by atoms with Crippen LogP contribution in [0.15, 0.2) is 22.6 Å². The normalized spacial score (nSPS) is 20.4. The fourth-order valence-corrected chi connectivity index (χ4v) is 3.16. The summed E-state index contributed by atoms with van der Waals surface area (Å²) < 4.78 is 34.7. The summed E-state index contributed by atoms with van der Waals surface area (Å²) in [5.74, 6) is -0.763. The minimum absolute atomic E-state index is 0.111. The maximum absolute atomic E-state index is 13.6. The standard InChI is InChI=1S/C17H22FNO3S/c1-5-22-16(20)9-11-8-15(19-23(21)17(2,3)4)14-10-12(18)6-7-13(11)14/h6-7,10-11H,5,8-9H2,1-4H3/b19-15-/t11-,23?/m1/s1. The number of nitrogens with zero attached hydrogens (tertiary/aromatic N) is 1. The van der Waals surface area contributed by atoms with Crippen molar-refractivity contribution in [2.24, 2.45) is 4.40 Å². The van der Waals surface area contributed by atoms with Crippen LogP contribution in [0.3, 0.4) is 0 Å². The molecule has 1 aromatic carbocycles. The van der Waals surface area contributed by atoms with E-state index in [0.717, 1.165) is 5.56 Å². The molecule has 6 heteroatoms. The minimum atomic E-state index is -1.42. The Morgan fingerprint density at radius 3 is 2.74 bits per heavy atom. The number of ether oxygens (including phenoxy) is 1. The van der Waals surface area contributed by atoms with Gasteiger partial charge in [0.2, 0.25) is 0 Å². The second-order valence-electron chi connectivity index (χ2n) is 6.54. The number of carbonyl (C=O) groups excluding carboxylic acids is 1. The van der Waals surface area contributed by atoms with Crippen LogP contribution in [0, 0.1) is 5.82 Å². The van der Waals surface area contributed by atoms with Crippen LogP contribution in [0.5, 0.6) is 0 Å². The molecular weight excluding hydrogens is 317 g/mol. The van der Waals surface area contributed by atoms with Crippen LogP contribution in [-0.2, 0) is 20.5 Å². The van der Waals surface area contributed by atoms with Gasteiger partial charge >= 0.3 is 5.97 Å². The van der Waals surface area contributed by atoms with Crippen LogP contribution in [-0.4, -0.2) is 27.2 Å². The van der Waals surface area contributed by atoms with E-state index in [4.69, 9.17) is 4.74 Å². The Balaban J connectivity index is 2.34. The summed E-state index contributed by atoms with van der Waals surface area (Å²) in [5.41, 5.74) is 2.11. The monoisotopic (exact) mass is 339 g/mol. The van der Waals surface area contributed by atoms with Gasteiger partial charge in [0, 0.05) is 11.5 Å². The van der Waals surface area contributed by atoms with E-state index in [1.165, 1.54) is 12.1 Å². The Kier molecular flexibility index (Phi) is 5.34. The Hall–Kier alpha value is -1.56. The zero-order valence-corrected chi connectivity index (χ0v) is 14.7. The summed E-state index contributed by atoms with van der Waals surface area (Å²) in [6.07, 6.45) is 0.688. The van der Waals surface area contributed by atoms with Gasteiger partial charge in [-0.15, -0.1) is 0 Å². The van der Waals surface area contributed by atoms with Gasteiger partial charge < -0.3 is 4.74 Å². The lowest BCUT2D eigenvalue weighted by atomic mass is 9.98. The molecule has 2 atom stereocenters. The number of hydrogen-bond donors (Lipinski definition) is 0. The predicted molar refractivity (Wildman–Crippen MR) is 89.4 cm³/mol. The molecule has 1 aliphatic rings. The fraction of sp³-hybridized carbons (Fsp3) is 0.529. The van der Waals surface area contributed by atoms with Gasteiger partial charge in [-0.25, -0.2) is 8.60 Å². The smallest absolute Gasteiger partial charge is 0.306 e. The summed E-state index contributed by atoms with van der Waals surface area (Å²) in [6.45, 7) is 7.60. The van der Waals surface area contributed by atoms with Gasteiger partial charge in [-0.3, -0.25) is 4.79 Å². The first-order chi connectivity index (χ1) is 10.7. The van der Waals surface area contributed by atoms with Gasteiger partial charge in [0.1, 0.15) is 16.8 Å². The lowest BCUT2D eigenvalue weighted by Crippen LogP contribution is -2.20. The molecule has 126 valence electrons. The molecule has 0 radical (unpaired) electrons. The van der Waals surface area contributed by atoms with E-state index >= 15 is 0 Å². The fourth-order valence-electron chi connectivity index (χ4n) is 2.51. The molecule has 0 spiro atoms.